The Morgan fingerprint density at radius 2 is 2.38 bits per heavy atom. The van der Waals surface area contributed by atoms with Crippen molar-refractivity contribution in [3.63, 3.8) is 0 Å². The highest BCUT2D eigenvalue weighted by atomic mass is 32.1. The fraction of sp³-hybridized carbons (Fsp3) is 0.417. The van der Waals surface area contributed by atoms with Crippen LogP contribution in [0.15, 0.2) is 23.1 Å². The first-order valence-electron chi connectivity index (χ1n) is 5.31. The van der Waals surface area contributed by atoms with Crippen molar-refractivity contribution in [2.24, 2.45) is 0 Å². The second-order valence-electron chi connectivity index (χ2n) is 3.55. The van der Waals surface area contributed by atoms with E-state index in [2.05, 4.69) is 23.7 Å². The van der Waals surface area contributed by atoms with Gasteiger partial charge in [-0.2, -0.15) is 0 Å². The first-order chi connectivity index (χ1) is 7.65. The molecule has 0 unspecified atom stereocenters. The zero-order valence-corrected chi connectivity index (χ0v) is 10.4. The SMILES string of the molecule is CC/C(=C/CNCc1sccc1C)C(=O)O. The molecule has 0 fully saturated rings. The summed E-state index contributed by atoms with van der Waals surface area (Å²) in [7, 11) is 0. The lowest BCUT2D eigenvalue weighted by Crippen LogP contribution is -2.14. The molecule has 0 aliphatic carbocycles. The Balaban J connectivity index is 2.36. The van der Waals surface area contributed by atoms with Crippen LogP contribution in [0.4, 0.5) is 0 Å². The Kier molecular flexibility index (Phi) is 5.22. The molecule has 4 heteroatoms. The molecule has 16 heavy (non-hydrogen) atoms. The Bertz CT molecular complexity index is 382. The van der Waals surface area contributed by atoms with Gasteiger partial charge in [-0.25, -0.2) is 4.79 Å². The molecule has 0 amide bonds. The number of thiophene rings is 1. The van der Waals surface area contributed by atoms with Gasteiger partial charge in [0, 0.05) is 23.5 Å². The Labute approximate surface area is 99.8 Å². The summed E-state index contributed by atoms with van der Waals surface area (Å²) in [5.41, 5.74) is 1.76. The average Bonchev–Trinajstić information content (AvgIpc) is 2.64. The van der Waals surface area contributed by atoms with Gasteiger partial charge in [-0.1, -0.05) is 13.0 Å². The van der Waals surface area contributed by atoms with Gasteiger partial charge in [-0.3, -0.25) is 0 Å². The third-order valence-electron chi connectivity index (χ3n) is 2.40. The van der Waals surface area contributed by atoms with Gasteiger partial charge in [0.25, 0.3) is 0 Å². The quantitative estimate of drug-likeness (QED) is 0.592. The lowest BCUT2D eigenvalue weighted by atomic mass is 10.2. The lowest BCUT2D eigenvalue weighted by Gasteiger charge is -2.02. The molecule has 3 nitrogen and oxygen atoms in total. The number of rotatable bonds is 6. The number of carboxylic acids is 1. The molecule has 0 saturated heterocycles. The van der Waals surface area contributed by atoms with E-state index >= 15 is 0 Å². The summed E-state index contributed by atoms with van der Waals surface area (Å²) in [6.45, 7) is 5.34. The van der Waals surface area contributed by atoms with E-state index in [1.807, 2.05) is 6.92 Å². The van der Waals surface area contributed by atoms with E-state index in [9.17, 15) is 4.79 Å². The molecule has 0 bridgehead atoms. The summed E-state index contributed by atoms with van der Waals surface area (Å²) < 4.78 is 0. The summed E-state index contributed by atoms with van der Waals surface area (Å²) in [5, 5.41) is 14.1. The van der Waals surface area contributed by atoms with Gasteiger partial charge >= 0.3 is 5.97 Å². The molecule has 0 aliphatic heterocycles. The average molecular weight is 239 g/mol. The molecule has 2 N–H and O–H groups in total. The monoisotopic (exact) mass is 239 g/mol. The molecule has 1 aromatic heterocycles. The fourth-order valence-corrected chi connectivity index (χ4v) is 2.22. The molecular weight excluding hydrogens is 222 g/mol. The molecule has 88 valence electrons. The van der Waals surface area contributed by atoms with E-state index < -0.39 is 5.97 Å². The number of aliphatic carboxylic acids is 1. The summed E-state index contributed by atoms with van der Waals surface area (Å²) in [6.07, 6.45) is 2.31. The number of aryl methyl sites for hydroxylation is 1. The maximum Gasteiger partial charge on any atom is 0.331 e. The van der Waals surface area contributed by atoms with Crippen LogP contribution < -0.4 is 5.32 Å². The van der Waals surface area contributed by atoms with Crippen molar-refractivity contribution in [1.82, 2.24) is 5.32 Å². The van der Waals surface area contributed by atoms with Gasteiger partial charge in [0.1, 0.15) is 0 Å². The number of carbonyl (C=O) groups is 1. The molecule has 0 spiro atoms. The fourth-order valence-electron chi connectivity index (χ4n) is 1.35. The minimum atomic E-state index is -0.823. The maximum absolute atomic E-state index is 10.7. The van der Waals surface area contributed by atoms with Gasteiger partial charge < -0.3 is 10.4 Å². The minimum absolute atomic E-state index is 0.468. The van der Waals surface area contributed by atoms with Gasteiger partial charge in [-0.05, 0) is 30.4 Å². The van der Waals surface area contributed by atoms with Crippen molar-refractivity contribution in [3.8, 4) is 0 Å². The van der Waals surface area contributed by atoms with Crippen LogP contribution in [-0.4, -0.2) is 17.6 Å². The molecule has 0 aliphatic rings. The molecule has 0 atom stereocenters. The standard InChI is InChI=1S/C12H17NO2S/c1-3-10(12(14)15)4-6-13-8-11-9(2)5-7-16-11/h4-5,7,13H,3,6,8H2,1-2H3,(H,14,15)/b10-4-. The first kappa shape index (κ1) is 12.9. The van der Waals surface area contributed by atoms with Gasteiger partial charge in [-0.15, -0.1) is 11.3 Å². The molecular formula is C12H17NO2S. The second kappa shape index (κ2) is 6.45. The third kappa shape index (κ3) is 3.79. The maximum atomic E-state index is 10.7. The van der Waals surface area contributed by atoms with E-state index in [4.69, 9.17) is 5.11 Å². The van der Waals surface area contributed by atoms with Crippen LogP contribution in [0.2, 0.25) is 0 Å². The first-order valence-corrected chi connectivity index (χ1v) is 6.19. The van der Waals surface area contributed by atoms with Gasteiger partial charge in [0.05, 0.1) is 0 Å². The smallest absolute Gasteiger partial charge is 0.331 e. The van der Waals surface area contributed by atoms with Crippen molar-refractivity contribution >= 4 is 17.3 Å². The predicted molar refractivity (Wildman–Crippen MR) is 66.8 cm³/mol. The predicted octanol–water partition coefficient (Wildman–Crippen LogP) is 2.57. The molecule has 0 saturated carbocycles. The zero-order valence-electron chi connectivity index (χ0n) is 9.62. The zero-order chi connectivity index (χ0) is 12.0. The molecule has 1 aromatic rings. The molecule has 0 aromatic carbocycles. The third-order valence-corrected chi connectivity index (χ3v) is 3.43. The van der Waals surface area contributed by atoms with Crippen molar-refractivity contribution in [2.45, 2.75) is 26.8 Å². The van der Waals surface area contributed by atoms with E-state index in [0.717, 1.165) is 6.54 Å². The van der Waals surface area contributed by atoms with Crippen molar-refractivity contribution < 1.29 is 9.90 Å². The van der Waals surface area contributed by atoms with Crippen molar-refractivity contribution in [1.29, 1.82) is 0 Å². The highest BCUT2D eigenvalue weighted by molar-refractivity contribution is 7.10. The summed E-state index contributed by atoms with van der Waals surface area (Å²) in [6, 6.07) is 2.09. The number of hydrogen-bond donors (Lipinski definition) is 2. The van der Waals surface area contributed by atoms with Gasteiger partial charge in [0.15, 0.2) is 0 Å². The highest BCUT2D eigenvalue weighted by Crippen LogP contribution is 2.14. The summed E-state index contributed by atoms with van der Waals surface area (Å²) in [5.74, 6) is -0.823. The van der Waals surface area contributed by atoms with E-state index in [1.165, 1.54) is 10.4 Å². The Hall–Kier alpha value is -1.13. The number of hydrogen-bond acceptors (Lipinski definition) is 3. The van der Waals surface area contributed by atoms with Crippen LogP contribution >= 0.6 is 11.3 Å². The van der Waals surface area contributed by atoms with Crippen LogP contribution in [0, 0.1) is 6.92 Å². The Morgan fingerprint density at radius 1 is 1.62 bits per heavy atom. The molecule has 1 rings (SSSR count). The second-order valence-corrected chi connectivity index (χ2v) is 4.55. The normalized spacial score (nSPS) is 11.8. The van der Waals surface area contributed by atoms with Crippen LogP contribution in [-0.2, 0) is 11.3 Å². The summed E-state index contributed by atoms with van der Waals surface area (Å²) in [4.78, 5) is 12.0. The molecule has 1 heterocycles. The van der Waals surface area contributed by atoms with Crippen molar-refractivity contribution in [2.75, 3.05) is 6.54 Å². The lowest BCUT2D eigenvalue weighted by molar-refractivity contribution is -0.132. The van der Waals surface area contributed by atoms with E-state index in [0.29, 0.717) is 18.5 Å². The van der Waals surface area contributed by atoms with Crippen LogP contribution in [0.5, 0.6) is 0 Å². The van der Waals surface area contributed by atoms with Gasteiger partial charge in [0.2, 0.25) is 0 Å². The number of carboxylic acid groups (broad SMARTS) is 1. The topological polar surface area (TPSA) is 49.3 Å². The van der Waals surface area contributed by atoms with Crippen LogP contribution in [0.1, 0.15) is 23.8 Å². The largest absolute Gasteiger partial charge is 0.478 e. The minimum Gasteiger partial charge on any atom is -0.478 e. The van der Waals surface area contributed by atoms with Crippen LogP contribution in [0.3, 0.4) is 0 Å². The highest BCUT2D eigenvalue weighted by Gasteiger charge is 2.03. The molecule has 0 radical (unpaired) electrons. The van der Waals surface area contributed by atoms with E-state index in [-0.39, 0.29) is 0 Å². The Morgan fingerprint density at radius 3 is 2.88 bits per heavy atom. The van der Waals surface area contributed by atoms with Crippen LogP contribution in [0.25, 0.3) is 0 Å². The number of nitrogens with one attached hydrogen (secondary N) is 1. The van der Waals surface area contributed by atoms with Crippen molar-refractivity contribution in [3.05, 3.63) is 33.5 Å². The summed E-state index contributed by atoms with van der Waals surface area (Å²) >= 11 is 1.72. The van der Waals surface area contributed by atoms with E-state index in [1.54, 1.807) is 17.4 Å².